The molecule has 0 fully saturated rings. The summed E-state index contributed by atoms with van der Waals surface area (Å²) >= 11 is 0. The van der Waals surface area contributed by atoms with Crippen molar-refractivity contribution in [1.82, 2.24) is 19.9 Å². The number of hydrogen-bond acceptors (Lipinski definition) is 6. The van der Waals surface area contributed by atoms with Crippen LogP contribution in [0.4, 0.5) is 5.69 Å². The molecule has 0 atom stereocenters. The molecule has 0 radical (unpaired) electrons. The highest BCUT2D eigenvalue weighted by atomic mass is 16.6. The Bertz CT molecular complexity index is 942. The van der Waals surface area contributed by atoms with E-state index in [2.05, 4.69) is 15.0 Å². The summed E-state index contributed by atoms with van der Waals surface area (Å²) in [5, 5.41) is 10.7. The van der Waals surface area contributed by atoms with Crippen molar-refractivity contribution < 1.29 is 4.92 Å². The van der Waals surface area contributed by atoms with E-state index in [1.165, 1.54) is 18.2 Å². The van der Waals surface area contributed by atoms with Gasteiger partial charge in [-0.25, -0.2) is 14.8 Å². The molecule has 94 valence electrons. The van der Waals surface area contributed by atoms with Crippen LogP contribution in [-0.4, -0.2) is 24.9 Å². The number of fused-ring (bicyclic) bond motifs is 2. The van der Waals surface area contributed by atoms with Crippen molar-refractivity contribution in [2.45, 2.75) is 0 Å². The standard InChI is InChI=1S/C10H5N5O4/c16-9-7-8(13-10(17)14-9)12-6-3-4(15(18)19)1-2-5(6)11-7/h1-3H,(H2,12,13,14,16,17). The van der Waals surface area contributed by atoms with Gasteiger partial charge in [-0.15, -0.1) is 0 Å². The number of non-ortho nitro benzene ring substituents is 1. The lowest BCUT2D eigenvalue weighted by atomic mass is 10.2. The number of nitro benzene ring substituents is 1. The fourth-order valence-corrected chi connectivity index (χ4v) is 1.70. The molecule has 0 saturated carbocycles. The quantitative estimate of drug-likeness (QED) is 0.360. The van der Waals surface area contributed by atoms with Gasteiger partial charge in [0.2, 0.25) is 0 Å². The number of nitro groups is 1. The third-order valence-corrected chi connectivity index (χ3v) is 2.53. The second kappa shape index (κ2) is 3.70. The third-order valence-electron chi connectivity index (χ3n) is 2.53. The summed E-state index contributed by atoms with van der Waals surface area (Å²) in [4.78, 5) is 45.1. The van der Waals surface area contributed by atoms with E-state index in [0.717, 1.165) is 0 Å². The summed E-state index contributed by atoms with van der Waals surface area (Å²) in [7, 11) is 0. The van der Waals surface area contributed by atoms with Crippen molar-refractivity contribution in [2.24, 2.45) is 0 Å². The van der Waals surface area contributed by atoms with Gasteiger partial charge in [-0.2, -0.15) is 0 Å². The zero-order chi connectivity index (χ0) is 13.6. The molecule has 0 bridgehead atoms. The number of nitrogens with one attached hydrogen (secondary N) is 2. The smallest absolute Gasteiger partial charge is 0.290 e. The van der Waals surface area contributed by atoms with Crippen LogP contribution in [0.15, 0.2) is 27.8 Å². The monoisotopic (exact) mass is 259 g/mol. The topological polar surface area (TPSA) is 135 Å². The van der Waals surface area contributed by atoms with Gasteiger partial charge in [-0.1, -0.05) is 0 Å². The fourth-order valence-electron chi connectivity index (χ4n) is 1.70. The predicted molar refractivity (Wildman–Crippen MR) is 64.9 cm³/mol. The summed E-state index contributed by atoms with van der Waals surface area (Å²) < 4.78 is 0. The summed E-state index contributed by atoms with van der Waals surface area (Å²) in [5.41, 5.74) is -1.00. The first-order chi connectivity index (χ1) is 9.04. The minimum atomic E-state index is -0.711. The van der Waals surface area contributed by atoms with Gasteiger partial charge in [0.25, 0.3) is 11.2 Å². The number of aromatic nitrogens is 4. The molecule has 0 unspecified atom stereocenters. The molecule has 1 aromatic carbocycles. The summed E-state index contributed by atoms with van der Waals surface area (Å²) in [6.45, 7) is 0. The Morgan fingerprint density at radius 3 is 2.63 bits per heavy atom. The lowest BCUT2D eigenvalue weighted by Crippen LogP contribution is -2.23. The molecule has 0 aliphatic heterocycles. The lowest BCUT2D eigenvalue weighted by molar-refractivity contribution is -0.384. The fraction of sp³-hybridized carbons (Fsp3) is 0. The molecule has 3 aromatic rings. The highest BCUT2D eigenvalue weighted by Crippen LogP contribution is 2.18. The van der Waals surface area contributed by atoms with Crippen LogP contribution in [0, 0.1) is 10.1 Å². The van der Waals surface area contributed by atoms with E-state index >= 15 is 0 Å². The molecule has 19 heavy (non-hydrogen) atoms. The van der Waals surface area contributed by atoms with Crippen molar-refractivity contribution in [3.05, 3.63) is 49.2 Å². The van der Waals surface area contributed by atoms with E-state index in [1.807, 2.05) is 4.98 Å². The summed E-state index contributed by atoms with van der Waals surface area (Å²) in [6.07, 6.45) is 0. The van der Waals surface area contributed by atoms with Crippen LogP contribution < -0.4 is 11.2 Å². The molecule has 9 nitrogen and oxygen atoms in total. The van der Waals surface area contributed by atoms with Gasteiger partial charge in [0.1, 0.15) is 0 Å². The van der Waals surface area contributed by atoms with Crippen LogP contribution in [0.2, 0.25) is 0 Å². The normalized spacial score (nSPS) is 10.9. The number of rotatable bonds is 1. The van der Waals surface area contributed by atoms with Gasteiger partial charge in [-0.05, 0) is 6.07 Å². The van der Waals surface area contributed by atoms with E-state index in [0.29, 0.717) is 5.52 Å². The van der Waals surface area contributed by atoms with Crippen LogP contribution in [0.5, 0.6) is 0 Å². The maximum Gasteiger partial charge on any atom is 0.327 e. The maximum atomic E-state index is 11.5. The van der Waals surface area contributed by atoms with E-state index in [9.17, 15) is 19.7 Å². The molecule has 3 rings (SSSR count). The average Bonchev–Trinajstić information content (AvgIpc) is 2.35. The largest absolute Gasteiger partial charge is 0.327 e. The van der Waals surface area contributed by atoms with Crippen molar-refractivity contribution in [3.8, 4) is 0 Å². The molecular weight excluding hydrogens is 254 g/mol. The molecule has 9 heteroatoms. The van der Waals surface area contributed by atoms with Crippen molar-refractivity contribution >= 4 is 27.9 Å². The zero-order valence-corrected chi connectivity index (χ0v) is 9.21. The minimum Gasteiger partial charge on any atom is -0.290 e. The maximum absolute atomic E-state index is 11.5. The van der Waals surface area contributed by atoms with Gasteiger partial charge in [0.15, 0.2) is 11.2 Å². The molecule has 2 heterocycles. The molecular formula is C10H5N5O4. The summed E-state index contributed by atoms with van der Waals surface area (Å²) in [5.74, 6) is 0. The molecule has 0 amide bonds. The molecule has 0 aliphatic carbocycles. The Labute approximate surface area is 103 Å². The van der Waals surface area contributed by atoms with Crippen LogP contribution in [-0.2, 0) is 0 Å². The number of aromatic amines is 2. The average molecular weight is 259 g/mol. The van der Waals surface area contributed by atoms with Crippen molar-refractivity contribution in [1.29, 1.82) is 0 Å². The van der Waals surface area contributed by atoms with Crippen LogP contribution in [0.1, 0.15) is 0 Å². The Morgan fingerprint density at radius 2 is 1.89 bits per heavy atom. The molecule has 0 spiro atoms. The molecule has 2 N–H and O–H groups in total. The second-order valence-corrected chi connectivity index (χ2v) is 3.76. The third kappa shape index (κ3) is 1.73. The Balaban J connectivity index is 2.45. The van der Waals surface area contributed by atoms with Gasteiger partial charge >= 0.3 is 5.69 Å². The lowest BCUT2D eigenvalue weighted by Gasteiger charge is -1.99. The number of H-pyrrole nitrogens is 2. The molecule has 0 aliphatic rings. The van der Waals surface area contributed by atoms with Gasteiger partial charge in [0.05, 0.1) is 16.0 Å². The van der Waals surface area contributed by atoms with Crippen LogP contribution >= 0.6 is 0 Å². The van der Waals surface area contributed by atoms with Gasteiger partial charge in [-0.3, -0.25) is 24.9 Å². The predicted octanol–water partition coefficient (Wildman–Crippen LogP) is 0.0678. The summed E-state index contributed by atoms with van der Waals surface area (Å²) in [6, 6.07) is 3.88. The van der Waals surface area contributed by atoms with Crippen LogP contribution in [0.25, 0.3) is 22.2 Å². The van der Waals surface area contributed by atoms with E-state index < -0.39 is 16.2 Å². The van der Waals surface area contributed by atoms with Crippen LogP contribution in [0.3, 0.4) is 0 Å². The zero-order valence-electron chi connectivity index (χ0n) is 9.21. The minimum absolute atomic E-state index is 0.0123. The highest BCUT2D eigenvalue weighted by Gasteiger charge is 2.10. The first-order valence-corrected chi connectivity index (χ1v) is 5.13. The number of benzene rings is 1. The number of hydrogen-bond donors (Lipinski definition) is 2. The molecule has 2 aromatic heterocycles. The van der Waals surface area contributed by atoms with Gasteiger partial charge in [0, 0.05) is 12.1 Å². The Kier molecular flexibility index (Phi) is 2.14. The second-order valence-electron chi connectivity index (χ2n) is 3.76. The van der Waals surface area contributed by atoms with E-state index in [-0.39, 0.29) is 22.4 Å². The van der Waals surface area contributed by atoms with Crippen molar-refractivity contribution in [3.63, 3.8) is 0 Å². The molecule has 0 saturated heterocycles. The SMILES string of the molecule is O=c1[nH]c(=O)c2nc3ccc([N+](=O)[O-])cc3nc2[nH]1. The highest BCUT2D eigenvalue weighted by molar-refractivity contribution is 5.84. The van der Waals surface area contributed by atoms with Crippen molar-refractivity contribution in [2.75, 3.05) is 0 Å². The Hall–Kier alpha value is -3.10. The first-order valence-electron chi connectivity index (χ1n) is 5.13. The van der Waals surface area contributed by atoms with E-state index in [4.69, 9.17) is 0 Å². The van der Waals surface area contributed by atoms with E-state index in [1.54, 1.807) is 0 Å². The first kappa shape index (κ1) is 11.0. The number of nitrogens with zero attached hydrogens (tertiary/aromatic N) is 3. The van der Waals surface area contributed by atoms with Gasteiger partial charge < -0.3 is 0 Å². The Morgan fingerprint density at radius 1 is 1.11 bits per heavy atom.